The van der Waals surface area contributed by atoms with Crippen molar-refractivity contribution in [2.24, 2.45) is 5.92 Å². The number of rotatable bonds is 4. The summed E-state index contributed by atoms with van der Waals surface area (Å²) in [5, 5.41) is 9.17. The smallest absolute Gasteiger partial charge is 0.308 e. The summed E-state index contributed by atoms with van der Waals surface area (Å²) in [6, 6.07) is 3.57. The molecule has 1 aliphatic rings. The molecule has 0 spiro atoms. The Hall–Kier alpha value is -0.990. The van der Waals surface area contributed by atoms with Gasteiger partial charge < -0.3 is 5.11 Å². The molecule has 0 saturated carbocycles. The van der Waals surface area contributed by atoms with Gasteiger partial charge in [-0.15, -0.1) is 0 Å². The van der Waals surface area contributed by atoms with E-state index in [0.717, 1.165) is 0 Å². The summed E-state index contributed by atoms with van der Waals surface area (Å²) in [5.41, 5.74) is 0.338. The maximum Gasteiger partial charge on any atom is 0.308 e. The van der Waals surface area contributed by atoms with Crippen molar-refractivity contribution in [3.05, 3.63) is 34.1 Å². The van der Waals surface area contributed by atoms with Gasteiger partial charge in [0.15, 0.2) is 0 Å². The molecule has 1 fully saturated rings. The first-order valence-electron chi connectivity index (χ1n) is 6.88. The maximum absolute atomic E-state index is 13.5. The van der Waals surface area contributed by atoms with Crippen LogP contribution in [0.15, 0.2) is 22.7 Å². The second kappa shape index (κ2) is 6.64. The van der Waals surface area contributed by atoms with Crippen molar-refractivity contribution >= 4 is 31.9 Å². The van der Waals surface area contributed by atoms with Crippen molar-refractivity contribution in [2.45, 2.75) is 31.6 Å². The number of nitrogens with zero attached hydrogens (tertiary/aromatic N) is 1. The molecule has 0 unspecified atom stereocenters. The topological polar surface area (TPSA) is 74.7 Å². The molecule has 1 aromatic carbocycles. The lowest BCUT2D eigenvalue weighted by molar-refractivity contribution is -0.144. The van der Waals surface area contributed by atoms with Crippen LogP contribution in [-0.2, 0) is 20.6 Å². The first-order valence-corrected chi connectivity index (χ1v) is 9.29. The number of hydrogen-bond acceptors (Lipinski definition) is 3. The van der Waals surface area contributed by atoms with E-state index in [1.807, 2.05) is 0 Å². The highest BCUT2D eigenvalue weighted by molar-refractivity contribution is 9.10. The highest BCUT2D eigenvalue weighted by Crippen LogP contribution is 2.28. The normalized spacial score (nSPS) is 23.4. The van der Waals surface area contributed by atoms with Gasteiger partial charge in [0.05, 0.1) is 16.1 Å². The molecule has 122 valence electrons. The average molecular weight is 394 g/mol. The number of sulfonamides is 1. The van der Waals surface area contributed by atoms with Crippen LogP contribution in [0.3, 0.4) is 0 Å². The van der Waals surface area contributed by atoms with Crippen LogP contribution in [0.2, 0.25) is 0 Å². The Balaban J connectivity index is 2.22. The van der Waals surface area contributed by atoms with Gasteiger partial charge in [-0.1, -0.05) is 6.07 Å². The first kappa shape index (κ1) is 17.4. The van der Waals surface area contributed by atoms with E-state index in [2.05, 4.69) is 15.9 Å². The fraction of sp³-hybridized carbons (Fsp3) is 0.500. The van der Waals surface area contributed by atoms with Gasteiger partial charge in [0.25, 0.3) is 0 Å². The van der Waals surface area contributed by atoms with E-state index in [0.29, 0.717) is 24.9 Å². The second-order valence-corrected chi connectivity index (χ2v) is 8.22. The van der Waals surface area contributed by atoms with Gasteiger partial charge in [0.1, 0.15) is 5.82 Å². The summed E-state index contributed by atoms with van der Waals surface area (Å²) < 4.78 is 40.1. The van der Waals surface area contributed by atoms with Crippen molar-refractivity contribution in [1.29, 1.82) is 0 Å². The molecule has 5 nitrogen and oxygen atoms in total. The van der Waals surface area contributed by atoms with Gasteiger partial charge in [-0.05, 0) is 53.4 Å². The van der Waals surface area contributed by atoms with Crippen LogP contribution in [0, 0.1) is 11.7 Å². The average Bonchev–Trinajstić information content (AvgIpc) is 2.42. The summed E-state index contributed by atoms with van der Waals surface area (Å²) in [6.07, 6.45) is 0.977. The van der Waals surface area contributed by atoms with Crippen molar-refractivity contribution in [3.63, 3.8) is 0 Å². The Morgan fingerprint density at radius 3 is 2.77 bits per heavy atom. The molecule has 1 aliphatic heterocycles. The maximum atomic E-state index is 13.5. The van der Waals surface area contributed by atoms with Gasteiger partial charge in [-0.3, -0.25) is 4.79 Å². The quantitative estimate of drug-likeness (QED) is 0.852. The predicted molar refractivity (Wildman–Crippen MR) is 83.3 cm³/mol. The van der Waals surface area contributed by atoms with E-state index >= 15 is 0 Å². The zero-order valence-corrected chi connectivity index (χ0v) is 14.4. The molecule has 2 atom stereocenters. The third-order valence-corrected chi connectivity index (χ3v) is 6.51. The van der Waals surface area contributed by atoms with Crippen LogP contribution in [-0.4, -0.2) is 36.4 Å². The van der Waals surface area contributed by atoms with Crippen LogP contribution in [0.25, 0.3) is 0 Å². The molecule has 0 aromatic heterocycles. The van der Waals surface area contributed by atoms with Crippen LogP contribution < -0.4 is 0 Å². The number of aliphatic carboxylic acids is 1. The standard InChI is InChI=1S/C14H17BrFNO4S/c1-9-11(14(18)19)3-2-6-17(9)22(20,21)8-10-4-5-12(15)13(16)7-10/h4-5,7,9,11H,2-3,6,8H2,1H3,(H,18,19)/t9-,11-/m1/s1. The molecule has 0 radical (unpaired) electrons. The number of benzene rings is 1. The predicted octanol–water partition coefficient (Wildman–Crippen LogP) is 2.60. The van der Waals surface area contributed by atoms with Gasteiger partial charge in [0, 0.05) is 12.6 Å². The van der Waals surface area contributed by atoms with Gasteiger partial charge >= 0.3 is 5.97 Å². The summed E-state index contributed by atoms with van der Waals surface area (Å²) in [5.74, 6) is -2.55. The van der Waals surface area contributed by atoms with Crippen molar-refractivity contribution in [3.8, 4) is 0 Å². The largest absolute Gasteiger partial charge is 0.481 e. The lowest BCUT2D eigenvalue weighted by Crippen LogP contribution is -2.49. The third kappa shape index (κ3) is 3.67. The molecule has 0 bridgehead atoms. The van der Waals surface area contributed by atoms with Crippen molar-refractivity contribution in [1.82, 2.24) is 4.31 Å². The molecule has 0 aliphatic carbocycles. The van der Waals surface area contributed by atoms with Gasteiger partial charge in [-0.25, -0.2) is 12.8 Å². The lowest BCUT2D eigenvalue weighted by Gasteiger charge is -2.36. The van der Waals surface area contributed by atoms with Gasteiger partial charge in [-0.2, -0.15) is 4.31 Å². The summed E-state index contributed by atoms with van der Waals surface area (Å²) in [4.78, 5) is 11.2. The SMILES string of the molecule is C[C@@H]1[C@H](C(=O)O)CCCN1S(=O)(=O)Cc1ccc(Br)c(F)c1. The molecular formula is C14H17BrFNO4S. The number of hydrogen-bond donors (Lipinski definition) is 1. The van der Waals surface area contributed by atoms with Crippen molar-refractivity contribution in [2.75, 3.05) is 6.54 Å². The van der Waals surface area contributed by atoms with Crippen LogP contribution >= 0.6 is 15.9 Å². The van der Waals surface area contributed by atoms with Crippen LogP contribution in [0.5, 0.6) is 0 Å². The number of carboxylic acid groups (broad SMARTS) is 1. The fourth-order valence-corrected chi connectivity index (χ4v) is 4.83. The molecule has 8 heteroatoms. The zero-order chi connectivity index (χ0) is 16.5. The molecule has 2 rings (SSSR count). The minimum Gasteiger partial charge on any atom is -0.481 e. The highest BCUT2D eigenvalue weighted by atomic mass is 79.9. The minimum absolute atomic E-state index is 0.269. The zero-order valence-electron chi connectivity index (χ0n) is 12.0. The van der Waals surface area contributed by atoms with Gasteiger partial charge in [0.2, 0.25) is 10.0 Å². The summed E-state index contributed by atoms with van der Waals surface area (Å²) in [7, 11) is -3.69. The third-order valence-electron chi connectivity index (χ3n) is 3.94. The first-order chi connectivity index (χ1) is 10.2. The van der Waals surface area contributed by atoms with E-state index in [9.17, 15) is 22.7 Å². The Labute approximate surface area is 137 Å². The molecule has 1 N–H and O–H groups in total. The fourth-order valence-electron chi connectivity index (χ4n) is 2.76. The van der Waals surface area contributed by atoms with E-state index in [4.69, 9.17) is 0 Å². The molecular weight excluding hydrogens is 377 g/mol. The van der Waals surface area contributed by atoms with Crippen molar-refractivity contribution < 1.29 is 22.7 Å². The molecule has 1 saturated heterocycles. The summed E-state index contributed by atoms with van der Waals surface area (Å²) in [6.45, 7) is 1.91. The monoisotopic (exact) mass is 393 g/mol. The Bertz CT molecular complexity index is 679. The number of halogens is 2. The minimum atomic E-state index is -3.69. The summed E-state index contributed by atoms with van der Waals surface area (Å²) >= 11 is 3.02. The molecule has 0 amide bonds. The number of piperidine rings is 1. The molecule has 1 aromatic rings. The van der Waals surface area contributed by atoms with Crippen LogP contribution in [0.1, 0.15) is 25.3 Å². The molecule has 22 heavy (non-hydrogen) atoms. The van der Waals surface area contributed by atoms with E-state index in [-0.39, 0.29) is 10.2 Å². The Morgan fingerprint density at radius 2 is 2.18 bits per heavy atom. The number of carbonyl (C=O) groups is 1. The van der Waals surface area contributed by atoms with E-state index in [1.54, 1.807) is 6.92 Å². The lowest BCUT2D eigenvalue weighted by atomic mass is 9.92. The Morgan fingerprint density at radius 1 is 1.50 bits per heavy atom. The number of carboxylic acids is 1. The van der Waals surface area contributed by atoms with E-state index < -0.39 is 33.8 Å². The Kier molecular flexibility index (Phi) is 5.24. The van der Waals surface area contributed by atoms with E-state index in [1.165, 1.54) is 22.5 Å². The molecule has 1 heterocycles. The van der Waals surface area contributed by atoms with Crippen LogP contribution in [0.4, 0.5) is 4.39 Å². The second-order valence-electron chi connectivity index (χ2n) is 5.44. The highest BCUT2D eigenvalue weighted by Gasteiger charge is 2.38.